The summed E-state index contributed by atoms with van der Waals surface area (Å²) in [5, 5.41) is 2.75. The summed E-state index contributed by atoms with van der Waals surface area (Å²) in [5.74, 6) is -0.186. The van der Waals surface area contributed by atoms with Gasteiger partial charge < -0.3 is 10.1 Å². The highest BCUT2D eigenvalue weighted by Gasteiger charge is 2.23. The van der Waals surface area contributed by atoms with Gasteiger partial charge in [-0.25, -0.2) is 8.42 Å². The molecule has 24 heavy (non-hydrogen) atoms. The Labute approximate surface area is 148 Å². The van der Waals surface area contributed by atoms with Crippen LogP contribution in [0.1, 0.15) is 12.8 Å². The maximum absolute atomic E-state index is 12.2. The molecule has 0 saturated carbocycles. The summed E-state index contributed by atoms with van der Waals surface area (Å²) >= 11 is 6.75. The molecule has 1 saturated heterocycles. The van der Waals surface area contributed by atoms with Crippen LogP contribution in [0, 0.1) is 0 Å². The van der Waals surface area contributed by atoms with E-state index in [9.17, 15) is 13.2 Å². The molecular weight excluding hydrogens is 372 g/mol. The van der Waals surface area contributed by atoms with Gasteiger partial charge in [-0.3, -0.25) is 9.52 Å². The van der Waals surface area contributed by atoms with Gasteiger partial charge in [0.05, 0.1) is 4.34 Å². The number of carbonyl (C=O) groups is 1. The van der Waals surface area contributed by atoms with Gasteiger partial charge in [0.15, 0.2) is 0 Å². The van der Waals surface area contributed by atoms with Gasteiger partial charge in [0.2, 0.25) is 0 Å². The third-order valence-corrected chi connectivity index (χ3v) is 6.54. The minimum Gasteiger partial charge on any atom is -0.368 e. The van der Waals surface area contributed by atoms with Gasteiger partial charge in [-0.05, 0) is 49.2 Å². The Morgan fingerprint density at radius 3 is 2.46 bits per heavy atom. The van der Waals surface area contributed by atoms with Crippen LogP contribution < -0.4 is 10.0 Å². The Balaban J connectivity index is 1.65. The summed E-state index contributed by atoms with van der Waals surface area (Å²) in [4.78, 5) is 12.0. The first-order valence-corrected chi connectivity index (χ1v) is 9.92. The van der Waals surface area contributed by atoms with E-state index >= 15 is 0 Å². The van der Waals surface area contributed by atoms with Crippen LogP contribution in [0.5, 0.6) is 0 Å². The van der Waals surface area contributed by atoms with Gasteiger partial charge >= 0.3 is 0 Å². The summed E-state index contributed by atoms with van der Waals surface area (Å²) in [6, 6.07) is 9.41. The van der Waals surface area contributed by atoms with Crippen molar-refractivity contribution >= 4 is 50.2 Å². The second-order valence-electron chi connectivity index (χ2n) is 5.23. The summed E-state index contributed by atoms with van der Waals surface area (Å²) < 4.78 is 32.7. The number of ether oxygens (including phenoxy) is 1. The zero-order valence-electron chi connectivity index (χ0n) is 12.5. The van der Waals surface area contributed by atoms with Crippen molar-refractivity contribution in [3.05, 3.63) is 40.7 Å². The third kappa shape index (κ3) is 4.07. The molecule has 0 bridgehead atoms. The third-order valence-electron chi connectivity index (χ3n) is 3.44. The fourth-order valence-corrected chi connectivity index (χ4v) is 4.82. The Hall–Kier alpha value is -1.61. The van der Waals surface area contributed by atoms with Crippen molar-refractivity contribution in [2.24, 2.45) is 0 Å². The monoisotopic (exact) mass is 386 g/mol. The molecule has 1 aliphatic rings. The highest BCUT2D eigenvalue weighted by atomic mass is 35.5. The van der Waals surface area contributed by atoms with Gasteiger partial charge in [0.1, 0.15) is 10.3 Å². The van der Waals surface area contributed by atoms with Crippen LogP contribution in [0.25, 0.3) is 0 Å². The first-order chi connectivity index (χ1) is 11.4. The molecule has 1 aromatic carbocycles. The molecule has 1 aliphatic heterocycles. The smallest absolute Gasteiger partial charge is 0.271 e. The van der Waals surface area contributed by atoms with Gasteiger partial charge in [0.25, 0.3) is 15.9 Å². The van der Waals surface area contributed by atoms with Crippen LogP contribution in [-0.4, -0.2) is 27.0 Å². The summed E-state index contributed by atoms with van der Waals surface area (Å²) in [6.45, 7) is 0.603. The van der Waals surface area contributed by atoms with Crippen LogP contribution in [0.3, 0.4) is 0 Å². The van der Waals surface area contributed by atoms with Crippen molar-refractivity contribution in [3.63, 3.8) is 0 Å². The Morgan fingerprint density at radius 2 is 1.88 bits per heavy atom. The zero-order chi connectivity index (χ0) is 17.2. The number of hydrogen-bond acceptors (Lipinski definition) is 5. The van der Waals surface area contributed by atoms with Crippen molar-refractivity contribution in [3.8, 4) is 0 Å². The molecule has 0 spiro atoms. The molecule has 3 rings (SSSR count). The molecule has 1 amide bonds. The van der Waals surface area contributed by atoms with Crippen molar-refractivity contribution in [1.29, 1.82) is 0 Å². The molecule has 1 aromatic heterocycles. The van der Waals surface area contributed by atoms with E-state index in [0.717, 1.165) is 17.8 Å². The van der Waals surface area contributed by atoms with E-state index in [-0.39, 0.29) is 10.1 Å². The summed E-state index contributed by atoms with van der Waals surface area (Å²) in [5.41, 5.74) is 0.979. The number of sulfonamides is 1. The van der Waals surface area contributed by atoms with E-state index in [4.69, 9.17) is 16.3 Å². The van der Waals surface area contributed by atoms with Gasteiger partial charge in [0, 0.05) is 18.0 Å². The molecule has 2 aromatic rings. The quantitative estimate of drug-likeness (QED) is 0.825. The van der Waals surface area contributed by atoms with E-state index in [1.165, 1.54) is 12.1 Å². The number of halogens is 1. The average Bonchev–Trinajstić information content (AvgIpc) is 3.20. The SMILES string of the molecule is O=C(Nc1ccc(NS(=O)(=O)c2ccc(Cl)s2)cc1)C1CCCO1. The number of nitrogens with one attached hydrogen (secondary N) is 2. The van der Waals surface area contributed by atoms with Crippen LogP contribution in [0.4, 0.5) is 11.4 Å². The first kappa shape index (κ1) is 17.2. The van der Waals surface area contributed by atoms with Gasteiger partial charge in [-0.2, -0.15) is 0 Å². The number of rotatable bonds is 5. The van der Waals surface area contributed by atoms with Crippen molar-refractivity contribution in [2.75, 3.05) is 16.6 Å². The maximum Gasteiger partial charge on any atom is 0.271 e. The Morgan fingerprint density at radius 1 is 1.17 bits per heavy atom. The van der Waals surface area contributed by atoms with Crippen LogP contribution in [0.2, 0.25) is 4.34 Å². The van der Waals surface area contributed by atoms with Crippen molar-refractivity contribution in [1.82, 2.24) is 0 Å². The molecule has 2 N–H and O–H groups in total. The molecule has 9 heteroatoms. The normalized spacial score (nSPS) is 17.6. The van der Waals surface area contributed by atoms with Gasteiger partial charge in [-0.1, -0.05) is 11.6 Å². The molecule has 1 atom stereocenters. The predicted molar refractivity (Wildman–Crippen MR) is 94.2 cm³/mol. The minimum atomic E-state index is -3.66. The van der Waals surface area contributed by atoms with Crippen LogP contribution in [0.15, 0.2) is 40.6 Å². The second kappa shape index (κ2) is 7.10. The fourth-order valence-electron chi connectivity index (χ4n) is 2.28. The highest BCUT2D eigenvalue weighted by Crippen LogP contribution is 2.27. The Bertz CT molecular complexity index is 827. The molecular formula is C15H15ClN2O4S2. The van der Waals surface area contributed by atoms with E-state index in [0.29, 0.717) is 28.7 Å². The standard InChI is InChI=1S/C15H15ClN2O4S2/c16-13-7-8-14(23-13)24(20,21)18-11-5-3-10(4-6-11)17-15(19)12-2-1-9-22-12/h3-8,12,18H,1-2,9H2,(H,17,19). The molecule has 1 unspecified atom stereocenters. The van der Waals surface area contributed by atoms with Crippen molar-refractivity contribution < 1.29 is 17.9 Å². The van der Waals surface area contributed by atoms with Crippen LogP contribution >= 0.6 is 22.9 Å². The van der Waals surface area contributed by atoms with E-state index < -0.39 is 16.1 Å². The predicted octanol–water partition coefficient (Wildman–Crippen LogP) is 3.32. The molecule has 0 radical (unpaired) electrons. The topological polar surface area (TPSA) is 84.5 Å². The summed E-state index contributed by atoms with van der Waals surface area (Å²) in [7, 11) is -3.66. The average molecular weight is 387 g/mol. The number of anilines is 2. The number of thiophene rings is 1. The van der Waals surface area contributed by atoms with Crippen molar-refractivity contribution in [2.45, 2.75) is 23.2 Å². The first-order valence-electron chi connectivity index (χ1n) is 7.25. The number of amides is 1. The molecule has 128 valence electrons. The lowest BCUT2D eigenvalue weighted by atomic mass is 10.2. The fraction of sp³-hybridized carbons (Fsp3) is 0.267. The lowest BCUT2D eigenvalue weighted by molar-refractivity contribution is -0.124. The summed E-state index contributed by atoms with van der Waals surface area (Å²) in [6.07, 6.45) is 1.19. The van der Waals surface area contributed by atoms with Gasteiger partial charge in [-0.15, -0.1) is 11.3 Å². The number of hydrogen-bond donors (Lipinski definition) is 2. The highest BCUT2D eigenvalue weighted by molar-refractivity contribution is 7.94. The maximum atomic E-state index is 12.2. The largest absolute Gasteiger partial charge is 0.368 e. The van der Waals surface area contributed by atoms with E-state index in [2.05, 4.69) is 10.0 Å². The van der Waals surface area contributed by atoms with E-state index in [1.54, 1.807) is 24.3 Å². The lowest BCUT2D eigenvalue weighted by Gasteiger charge is -2.11. The lowest BCUT2D eigenvalue weighted by Crippen LogP contribution is -2.26. The number of benzene rings is 1. The number of carbonyl (C=O) groups excluding carboxylic acids is 1. The van der Waals surface area contributed by atoms with E-state index in [1.807, 2.05) is 0 Å². The zero-order valence-corrected chi connectivity index (χ0v) is 14.9. The molecule has 2 heterocycles. The minimum absolute atomic E-state index is 0.142. The molecule has 0 aliphatic carbocycles. The second-order valence-corrected chi connectivity index (χ2v) is 8.86. The Kier molecular flexibility index (Phi) is 5.09. The molecule has 6 nitrogen and oxygen atoms in total. The van der Waals surface area contributed by atoms with Crippen LogP contribution in [-0.2, 0) is 19.6 Å². The molecule has 1 fully saturated rings.